The van der Waals surface area contributed by atoms with Gasteiger partial charge in [0.15, 0.2) is 5.65 Å². The van der Waals surface area contributed by atoms with E-state index in [9.17, 15) is 15.0 Å². The van der Waals surface area contributed by atoms with Crippen molar-refractivity contribution in [1.29, 1.82) is 0 Å². The van der Waals surface area contributed by atoms with Gasteiger partial charge in [0.2, 0.25) is 0 Å². The van der Waals surface area contributed by atoms with Crippen molar-refractivity contribution in [2.24, 2.45) is 0 Å². The maximum Gasteiger partial charge on any atom is 0.341 e. The molecule has 2 N–H and O–H groups in total. The summed E-state index contributed by atoms with van der Waals surface area (Å²) >= 11 is 0. The van der Waals surface area contributed by atoms with E-state index in [0.717, 1.165) is 54.0 Å². The molecule has 1 aliphatic carbocycles. The fraction of sp³-hybridized carbons (Fsp3) is 0.286. The van der Waals surface area contributed by atoms with Gasteiger partial charge in [-0.25, -0.2) is 14.8 Å². The Bertz CT molecular complexity index is 1540. The van der Waals surface area contributed by atoms with Crippen LogP contribution in [-0.2, 0) is 6.54 Å². The molecule has 0 saturated heterocycles. The molecule has 2 aliphatic heterocycles. The van der Waals surface area contributed by atoms with Crippen molar-refractivity contribution < 1.29 is 15.0 Å². The van der Waals surface area contributed by atoms with E-state index >= 15 is 0 Å². The summed E-state index contributed by atoms with van der Waals surface area (Å²) in [7, 11) is 1.95. The van der Waals surface area contributed by atoms with Gasteiger partial charge in [0.1, 0.15) is 17.2 Å². The number of fused-ring (bicyclic) bond motifs is 2. The Morgan fingerprint density at radius 2 is 1.89 bits per heavy atom. The second-order valence-electron chi connectivity index (χ2n) is 9.68. The van der Waals surface area contributed by atoms with Gasteiger partial charge in [0.25, 0.3) is 0 Å². The highest BCUT2D eigenvalue weighted by atomic mass is 16.4. The van der Waals surface area contributed by atoms with Crippen LogP contribution in [0, 0.1) is 0 Å². The lowest BCUT2D eigenvalue weighted by Gasteiger charge is -2.31. The lowest BCUT2D eigenvalue weighted by atomic mass is 9.92. The summed E-state index contributed by atoms with van der Waals surface area (Å²) < 4.78 is 3.65. The molecule has 1 saturated carbocycles. The van der Waals surface area contributed by atoms with E-state index in [2.05, 4.69) is 21.8 Å². The minimum absolute atomic E-state index is 0.0170. The molecule has 0 radical (unpaired) electrons. The molecule has 4 heterocycles. The number of benzene rings is 1. The van der Waals surface area contributed by atoms with Crippen molar-refractivity contribution >= 4 is 17.4 Å². The SMILES string of the molecule is CN(Cc1ccccc1)c1cc(-c2cnc3n([C@@H]4CCCC[C@H]4O)cccc2-3)nc2c(C(=O)O)cnn12. The zero-order valence-electron chi connectivity index (χ0n) is 20.5. The van der Waals surface area contributed by atoms with Gasteiger partial charge < -0.3 is 19.7 Å². The van der Waals surface area contributed by atoms with Crippen molar-refractivity contribution in [3.05, 3.63) is 78.2 Å². The summed E-state index contributed by atoms with van der Waals surface area (Å²) in [6, 6.07) is 15.9. The minimum atomic E-state index is -1.08. The van der Waals surface area contributed by atoms with Crippen LogP contribution in [0.4, 0.5) is 5.82 Å². The first-order valence-corrected chi connectivity index (χ1v) is 12.5. The first-order valence-electron chi connectivity index (χ1n) is 12.5. The quantitative estimate of drug-likeness (QED) is 0.356. The Morgan fingerprint density at radius 1 is 1.08 bits per heavy atom. The van der Waals surface area contributed by atoms with Gasteiger partial charge in [0.05, 0.1) is 24.0 Å². The number of carbonyl (C=O) groups is 1. The summed E-state index contributed by atoms with van der Waals surface area (Å²) in [6.45, 7) is 0.612. The number of anilines is 1. The van der Waals surface area contributed by atoms with Crippen LogP contribution in [0.25, 0.3) is 28.3 Å². The van der Waals surface area contributed by atoms with Gasteiger partial charge in [-0.2, -0.15) is 9.61 Å². The number of pyridine rings is 1. The van der Waals surface area contributed by atoms with Gasteiger partial charge >= 0.3 is 5.97 Å². The summed E-state index contributed by atoms with van der Waals surface area (Å²) in [5.41, 5.74) is 3.78. The molecular formula is C28H28N6O3. The van der Waals surface area contributed by atoms with E-state index in [1.807, 2.05) is 54.5 Å². The molecule has 188 valence electrons. The maximum absolute atomic E-state index is 12.0. The molecule has 2 aromatic heterocycles. The Morgan fingerprint density at radius 3 is 2.68 bits per heavy atom. The molecule has 0 spiro atoms. The predicted octanol–water partition coefficient (Wildman–Crippen LogP) is 4.51. The molecule has 2 atom stereocenters. The van der Waals surface area contributed by atoms with E-state index in [0.29, 0.717) is 12.2 Å². The van der Waals surface area contributed by atoms with Crippen molar-refractivity contribution in [1.82, 2.24) is 24.1 Å². The fourth-order valence-corrected chi connectivity index (χ4v) is 5.39. The Labute approximate surface area is 214 Å². The lowest BCUT2D eigenvalue weighted by Crippen LogP contribution is -2.28. The number of carboxylic acid groups (broad SMARTS) is 1. The lowest BCUT2D eigenvalue weighted by molar-refractivity contribution is 0.0698. The summed E-state index contributed by atoms with van der Waals surface area (Å²) in [5.74, 6) is 0.430. The summed E-state index contributed by atoms with van der Waals surface area (Å²) in [4.78, 5) is 23.5. The van der Waals surface area contributed by atoms with Gasteiger partial charge in [-0.15, -0.1) is 0 Å². The normalized spacial score (nSPS) is 17.9. The van der Waals surface area contributed by atoms with E-state index in [4.69, 9.17) is 9.97 Å². The first kappa shape index (κ1) is 23.2. The molecule has 1 fully saturated rings. The van der Waals surface area contributed by atoms with Gasteiger partial charge in [-0.1, -0.05) is 43.2 Å². The predicted molar refractivity (Wildman–Crippen MR) is 140 cm³/mol. The molecule has 3 aliphatic rings. The zero-order valence-corrected chi connectivity index (χ0v) is 20.5. The van der Waals surface area contributed by atoms with Crippen LogP contribution in [0.1, 0.15) is 47.6 Å². The second-order valence-corrected chi connectivity index (χ2v) is 9.68. The van der Waals surface area contributed by atoms with Crippen LogP contribution in [0.3, 0.4) is 0 Å². The number of aliphatic hydroxyl groups is 1. The number of rotatable bonds is 6. The van der Waals surface area contributed by atoms with Gasteiger partial charge in [-0.3, -0.25) is 0 Å². The van der Waals surface area contributed by atoms with E-state index in [1.165, 1.54) is 6.20 Å². The molecule has 9 heteroatoms. The van der Waals surface area contributed by atoms with Crippen molar-refractivity contribution in [2.45, 2.75) is 44.4 Å². The highest BCUT2D eigenvalue weighted by molar-refractivity contribution is 5.95. The summed E-state index contributed by atoms with van der Waals surface area (Å²) in [5, 5.41) is 24.8. The number of nitrogens with zero attached hydrogens (tertiary/aromatic N) is 6. The van der Waals surface area contributed by atoms with Crippen LogP contribution in [-0.4, -0.2) is 53.5 Å². The topological polar surface area (TPSA) is 109 Å². The molecular weight excluding hydrogens is 468 g/mol. The molecule has 3 aromatic rings. The van der Waals surface area contributed by atoms with Crippen LogP contribution in [0.2, 0.25) is 0 Å². The molecule has 0 unspecified atom stereocenters. The molecule has 0 bridgehead atoms. The highest BCUT2D eigenvalue weighted by Gasteiger charge is 2.28. The van der Waals surface area contributed by atoms with E-state index < -0.39 is 12.1 Å². The van der Waals surface area contributed by atoms with Crippen LogP contribution in [0.5, 0.6) is 0 Å². The maximum atomic E-state index is 12.0. The zero-order chi connectivity index (χ0) is 25.5. The molecule has 0 amide bonds. The first-order chi connectivity index (χ1) is 18.0. The summed E-state index contributed by atoms with van der Waals surface area (Å²) in [6.07, 6.45) is 8.51. The fourth-order valence-electron chi connectivity index (χ4n) is 5.39. The largest absolute Gasteiger partial charge is 0.477 e. The van der Waals surface area contributed by atoms with Crippen LogP contribution < -0.4 is 4.90 Å². The van der Waals surface area contributed by atoms with Crippen LogP contribution >= 0.6 is 0 Å². The second kappa shape index (κ2) is 9.33. The van der Waals surface area contributed by atoms with E-state index in [1.54, 1.807) is 10.7 Å². The number of hydrogen-bond acceptors (Lipinski definition) is 6. The average Bonchev–Trinajstić information content (AvgIpc) is 3.54. The van der Waals surface area contributed by atoms with Crippen LogP contribution in [0.15, 0.2) is 67.1 Å². The Hall–Kier alpha value is -4.24. The molecule has 9 nitrogen and oxygen atoms in total. The highest BCUT2D eigenvalue weighted by Crippen LogP contribution is 2.38. The standard InChI is InChI=1S/C28H28N6O3/c1-32(17-18-8-3-2-4-9-18)25-14-22(31-27-21(28(36)37)16-30-34(25)27)20-15-29-26-19(20)10-7-13-33(26)23-11-5-6-12-24(23)35/h2-4,7-10,13-16,23-24,35H,5-6,11-12,17H2,1H3,(H,36,37)/t23-,24-/m1/s1. The monoisotopic (exact) mass is 496 g/mol. The smallest absolute Gasteiger partial charge is 0.341 e. The number of carboxylic acids is 1. The number of aromatic nitrogens is 5. The van der Waals surface area contributed by atoms with Crippen molar-refractivity contribution in [3.63, 3.8) is 0 Å². The number of hydrogen-bond donors (Lipinski definition) is 2. The average molecular weight is 497 g/mol. The third-order valence-electron chi connectivity index (χ3n) is 7.27. The van der Waals surface area contributed by atoms with E-state index in [-0.39, 0.29) is 17.3 Å². The number of aliphatic hydroxyl groups excluding tert-OH is 1. The molecule has 6 rings (SSSR count). The van der Waals surface area contributed by atoms with Gasteiger partial charge in [-0.05, 0) is 30.5 Å². The molecule has 37 heavy (non-hydrogen) atoms. The Kier molecular flexibility index (Phi) is 5.84. The number of aromatic carboxylic acids is 1. The molecule has 1 aromatic carbocycles. The van der Waals surface area contributed by atoms with Crippen molar-refractivity contribution in [2.75, 3.05) is 11.9 Å². The van der Waals surface area contributed by atoms with Crippen molar-refractivity contribution in [3.8, 4) is 22.6 Å². The third-order valence-corrected chi connectivity index (χ3v) is 7.27. The Balaban J connectivity index is 1.46. The minimum Gasteiger partial charge on any atom is -0.477 e. The third kappa shape index (κ3) is 4.11. The van der Waals surface area contributed by atoms with Gasteiger partial charge in [0, 0.05) is 43.2 Å².